The Bertz CT molecular complexity index is 2130. The Balaban J connectivity index is 2.17. The number of aliphatic hydroxyl groups is 1. The van der Waals surface area contributed by atoms with Gasteiger partial charge in [0.2, 0.25) is 53.2 Å². The standard InChI is InChI=1S/C46H73N11O12S/c1-23(2)17-32(54-40(62)29(47)13-14-36(48)59)43(65)56-34(19-27-20-49-30-12-10-9-11-28(27)30)41(63)51-26(7)39(61)57-38(25(5)6)45(67)50-21-37(60)52-35(22-58)44(66)55-33(18-24(3)4)42(64)53-31(46(68)69)15-16-70-8/h9-12,20,23-26,29,31-35,38,49,58H,13-19,21-22,47H2,1-8H3,(H2,48,59)(H,50,67)(H,51,63)(H,52,60)(H,53,64)(H,54,62)(H,55,66)(H,56,65)(H,57,61)(H,68,69)/t26-,29-,31-,32-,33-,34-,35-,38-/m0/s1. The van der Waals surface area contributed by atoms with Crippen molar-refractivity contribution in [1.29, 1.82) is 0 Å². The molecule has 0 saturated heterocycles. The topological polar surface area (TPSA) is 375 Å². The molecular weight excluding hydrogens is 931 g/mol. The molecule has 0 saturated carbocycles. The monoisotopic (exact) mass is 1000 g/mol. The first-order valence-corrected chi connectivity index (χ1v) is 24.6. The summed E-state index contributed by atoms with van der Waals surface area (Å²) >= 11 is 1.40. The number of amides is 9. The van der Waals surface area contributed by atoms with Crippen molar-refractivity contribution in [2.75, 3.05) is 25.2 Å². The molecule has 0 fully saturated rings. The summed E-state index contributed by atoms with van der Waals surface area (Å²) in [5, 5.41) is 40.4. The highest BCUT2D eigenvalue weighted by Gasteiger charge is 2.34. The van der Waals surface area contributed by atoms with Gasteiger partial charge in [-0.3, -0.25) is 43.2 Å². The Morgan fingerprint density at radius 3 is 1.74 bits per heavy atom. The van der Waals surface area contributed by atoms with E-state index in [1.165, 1.54) is 18.7 Å². The van der Waals surface area contributed by atoms with Crippen LogP contribution in [0.1, 0.15) is 86.1 Å². The lowest BCUT2D eigenvalue weighted by molar-refractivity contribution is -0.142. The van der Waals surface area contributed by atoms with E-state index in [1.807, 2.05) is 32.0 Å². The maximum Gasteiger partial charge on any atom is 0.326 e. The highest BCUT2D eigenvalue weighted by molar-refractivity contribution is 7.98. The van der Waals surface area contributed by atoms with Gasteiger partial charge in [0.15, 0.2) is 0 Å². The molecule has 2 aromatic rings. The van der Waals surface area contributed by atoms with Crippen LogP contribution in [0.2, 0.25) is 0 Å². The van der Waals surface area contributed by atoms with Gasteiger partial charge < -0.3 is 69.2 Å². The lowest BCUT2D eigenvalue weighted by Gasteiger charge is -2.27. The van der Waals surface area contributed by atoms with E-state index in [9.17, 15) is 58.2 Å². The molecule has 0 spiro atoms. The van der Waals surface area contributed by atoms with Crippen LogP contribution in [0.5, 0.6) is 0 Å². The molecule has 24 heteroatoms. The van der Waals surface area contributed by atoms with E-state index in [2.05, 4.69) is 47.5 Å². The lowest BCUT2D eigenvalue weighted by atomic mass is 10.00. The first-order valence-electron chi connectivity index (χ1n) is 23.2. The number of carboxylic acid groups (broad SMARTS) is 1. The van der Waals surface area contributed by atoms with Crippen molar-refractivity contribution >= 4 is 81.8 Å². The third kappa shape index (κ3) is 20.4. The summed E-state index contributed by atoms with van der Waals surface area (Å²) in [5.74, 6) is -8.60. The first-order chi connectivity index (χ1) is 32.9. The van der Waals surface area contributed by atoms with Gasteiger partial charge in [0, 0.05) is 29.9 Å². The molecule has 1 heterocycles. The van der Waals surface area contributed by atoms with Gasteiger partial charge in [-0.1, -0.05) is 59.7 Å². The van der Waals surface area contributed by atoms with Gasteiger partial charge in [0.05, 0.1) is 19.2 Å². The molecule has 0 aliphatic carbocycles. The molecule has 0 aliphatic rings. The van der Waals surface area contributed by atoms with Crippen LogP contribution in [0.4, 0.5) is 0 Å². The Morgan fingerprint density at radius 1 is 0.657 bits per heavy atom. The van der Waals surface area contributed by atoms with Gasteiger partial charge in [-0.2, -0.15) is 11.8 Å². The van der Waals surface area contributed by atoms with Crippen LogP contribution < -0.4 is 54.0 Å². The smallest absolute Gasteiger partial charge is 0.326 e. The Morgan fingerprint density at radius 2 is 1.20 bits per heavy atom. The van der Waals surface area contributed by atoms with Crippen LogP contribution in [-0.4, -0.2) is 148 Å². The van der Waals surface area contributed by atoms with Gasteiger partial charge in [-0.25, -0.2) is 4.79 Å². The molecule has 9 amide bonds. The van der Waals surface area contributed by atoms with Gasteiger partial charge in [0.1, 0.15) is 42.3 Å². The number of hydrogen-bond acceptors (Lipinski definition) is 13. The fourth-order valence-corrected chi connectivity index (χ4v) is 7.53. The van der Waals surface area contributed by atoms with Crippen molar-refractivity contribution in [1.82, 2.24) is 47.5 Å². The number of primary amides is 1. The Labute approximate surface area is 412 Å². The maximum absolute atomic E-state index is 14.0. The average molecular weight is 1000 g/mol. The summed E-state index contributed by atoms with van der Waals surface area (Å²) < 4.78 is 0. The summed E-state index contributed by atoms with van der Waals surface area (Å²) in [4.78, 5) is 133. The second-order valence-corrected chi connectivity index (χ2v) is 19.3. The third-order valence-electron chi connectivity index (χ3n) is 10.9. The van der Waals surface area contributed by atoms with Crippen molar-refractivity contribution in [3.8, 4) is 0 Å². The summed E-state index contributed by atoms with van der Waals surface area (Å²) in [6.07, 6.45) is 3.63. The summed E-state index contributed by atoms with van der Waals surface area (Å²) in [7, 11) is 0. The summed E-state index contributed by atoms with van der Waals surface area (Å²) in [5.41, 5.74) is 12.6. The molecule has 0 aliphatic heterocycles. The number of carboxylic acids is 1. The number of nitrogens with one attached hydrogen (secondary N) is 9. The van der Waals surface area contributed by atoms with E-state index in [-0.39, 0.29) is 50.4 Å². The number of rotatable bonds is 31. The molecule has 23 nitrogen and oxygen atoms in total. The van der Waals surface area contributed by atoms with E-state index < -0.39 is 127 Å². The highest BCUT2D eigenvalue weighted by atomic mass is 32.2. The van der Waals surface area contributed by atoms with E-state index >= 15 is 0 Å². The lowest BCUT2D eigenvalue weighted by Crippen LogP contribution is -2.59. The van der Waals surface area contributed by atoms with Crippen molar-refractivity contribution in [2.24, 2.45) is 29.2 Å². The number of thioether (sulfide) groups is 1. The number of aromatic nitrogens is 1. The van der Waals surface area contributed by atoms with Crippen LogP contribution in [0.3, 0.4) is 0 Å². The van der Waals surface area contributed by atoms with Crippen molar-refractivity contribution in [3.63, 3.8) is 0 Å². The molecule has 1 aromatic carbocycles. The largest absolute Gasteiger partial charge is 0.480 e. The molecular formula is C46H73N11O12S. The van der Waals surface area contributed by atoms with E-state index in [0.717, 1.165) is 10.9 Å². The number of benzene rings is 1. The molecule has 0 unspecified atom stereocenters. The minimum Gasteiger partial charge on any atom is -0.480 e. The molecule has 8 atom stereocenters. The van der Waals surface area contributed by atoms with E-state index in [1.54, 1.807) is 46.2 Å². The van der Waals surface area contributed by atoms with Gasteiger partial charge in [-0.05, 0) is 74.0 Å². The predicted molar refractivity (Wildman–Crippen MR) is 262 cm³/mol. The molecule has 0 bridgehead atoms. The number of nitrogens with two attached hydrogens (primary N) is 2. The van der Waals surface area contributed by atoms with Gasteiger partial charge >= 0.3 is 5.97 Å². The van der Waals surface area contributed by atoms with Crippen LogP contribution in [-0.2, 0) is 54.4 Å². The fraction of sp³-hybridized carbons (Fsp3) is 0.609. The van der Waals surface area contributed by atoms with Crippen LogP contribution >= 0.6 is 11.8 Å². The maximum atomic E-state index is 14.0. The first kappa shape index (κ1) is 59.9. The number of aliphatic carboxylic acids is 1. The number of fused-ring (bicyclic) bond motifs is 1. The average Bonchev–Trinajstić information content (AvgIpc) is 3.70. The molecule has 15 N–H and O–H groups in total. The number of para-hydroxylation sites is 1. The normalized spacial score (nSPS) is 14.8. The van der Waals surface area contributed by atoms with Crippen molar-refractivity contribution in [3.05, 3.63) is 36.0 Å². The Kier molecular flexibility index (Phi) is 25.4. The second-order valence-electron chi connectivity index (χ2n) is 18.3. The SMILES string of the molecule is CSCC[C@H](NC(=O)[C@H](CC(C)C)NC(=O)[C@H](CO)NC(=O)CNC(=O)[C@@H](NC(=O)[C@H](C)NC(=O)[C@H](Cc1c[nH]c2ccccc12)NC(=O)[C@H](CC(C)C)NC(=O)[C@@H](N)CCC(N)=O)C(C)C)C(=O)O. The fourth-order valence-electron chi connectivity index (χ4n) is 7.06. The quantitative estimate of drug-likeness (QED) is 0.0405. The molecule has 0 radical (unpaired) electrons. The number of aromatic amines is 1. The highest BCUT2D eigenvalue weighted by Crippen LogP contribution is 2.20. The molecule has 2 rings (SSSR count). The van der Waals surface area contributed by atoms with E-state index in [0.29, 0.717) is 11.3 Å². The number of H-pyrrole nitrogens is 1. The summed E-state index contributed by atoms with van der Waals surface area (Å²) in [6.45, 7) is 10.2. The molecule has 70 heavy (non-hydrogen) atoms. The number of aliphatic hydroxyl groups excluding tert-OH is 1. The van der Waals surface area contributed by atoms with Crippen LogP contribution in [0.25, 0.3) is 10.9 Å². The summed E-state index contributed by atoms with van der Waals surface area (Å²) in [6, 6.07) is -2.78. The van der Waals surface area contributed by atoms with Crippen LogP contribution in [0.15, 0.2) is 30.5 Å². The van der Waals surface area contributed by atoms with Crippen molar-refractivity contribution in [2.45, 2.75) is 135 Å². The minimum absolute atomic E-state index is 0.0478. The van der Waals surface area contributed by atoms with Gasteiger partial charge in [0.25, 0.3) is 0 Å². The Hall–Kier alpha value is -6.27. The van der Waals surface area contributed by atoms with Crippen LogP contribution in [0, 0.1) is 17.8 Å². The van der Waals surface area contributed by atoms with Crippen molar-refractivity contribution < 1.29 is 58.2 Å². The number of carbonyl (C=O) groups excluding carboxylic acids is 9. The van der Waals surface area contributed by atoms with Gasteiger partial charge in [-0.15, -0.1) is 0 Å². The second kappa shape index (κ2) is 29.7. The molecule has 1 aromatic heterocycles. The number of carbonyl (C=O) groups is 10. The van der Waals surface area contributed by atoms with E-state index in [4.69, 9.17) is 11.5 Å². The minimum atomic E-state index is -1.56. The predicted octanol–water partition coefficient (Wildman–Crippen LogP) is -1.59. The zero-order valence-electron chi connectivity index (χ0n) is 41.1. The third-order valence-corrected chi connectivity index (χ3v) is 11.6. The molecule has 390 valence electrons. The number of hydrogen-bond donors (Lipinski definition) is 13. The zero-order valence-corrected chi connectivity index (χ0v) is 42.0. The zero-order chi connectivity index (χ0) is 52.8.